The second-order valence-electron chi connectivity index (χ2n) is 17.3. The lowest BCUT2D eigenvalue weighted by Gasteiger charge is -2.26. The monoisotopic (exact) mass is 1070 g/mol. The fourth-order valence-electron chi connectivity index (χ4n) is 6.71. The number of nitrogens with zero attached hydrogens (tertiary/aromatic N) is 2. The third kappa shape index (κ3) is 22.3. The summed E-state index contributed by atoms with van der Waals surface area (Å²) >= 11 is 0. The molecule has 1 fully saturated rings. The van der Waals surface area contributed by atoms with E-state index in [1.165, 1.54) is 12.1 Å². The number of amides is 4. The molecule has 0 saturated carbocycles. The average molecular weight is 1070 g/mol. The summed E-state index contributed by atoms with van der Waals surface area (Å²) in [6.45, 7) is 6.27. The number of likely N-dealkylation sites (N-methyl/N-ethyl adjacent to an activating group) is 1. The van der Waals surface area contributed by atoms with Gasteiger partial charge in [0.05, 0.1) is 13.2 Å². The van der Waals surface area contributed by atoms with E-state index in [2.05, 4.69) is 25.6 Å². The molecule has 1 heterocycles. The Kier molecular flexibility index (Phi) is 23.1. The van der Waals surface area contributed by atoms with E-state index in [1.54, 1.807) is 121 Å². The van der Waals surface area contributed by atoms with E-state index in [1.807, 2.05) is 43.3 Å². The second kappa shape index (κ2) is 30.3. The number of anilines is 7. The van der Waals surface area contributed by atoms with Gasteiger partial charge in [0.25, 0.3) is 17.7 Å². The van der Waals surface area contributed by atoms with Crippen LogP contribution in [0.25, 0.3) is 0 Å². The molecule has 1 aliphatic heterocycles. The minimum atomic E-state index is -4.80. The Morgan fingerprint density at radius 2 is 0.885 bits per heavy atom. The standard InChI is InChI=1S/C19H23N3O3.C17H21N3O2.C14H11F3N2O2.C7H8N2O/c20-16-4-6-17(7-5-16)21-19(23)15-2-1-3-18(14-15)25-13-10-22-8-11-24-12-9-22;1-20(2)10-11-22-16-5-3-4-13(12-16)17(21)19-15-8-6-14(18)7-9-15;15-14(16,17)21-12-3-1-2-9(8-12)13(20)19-11-6-4-10(18)5-7-11;8-6-3-1-5(2-4-6)7(9)10/h1-7,14H,8-13,20H2,(H,21,23);3-9,12H,10-11,18H2,1-2H3,(H,19,21);1-8H,18H2,(H,19,20);1-4H,8H2,(H2,9,10). The Hall–Kier alpha value is -9.31. The van der Waals surface area contributed by atoms with Gasteiger partial charge in [-0.25, -0.2) is 0 Å². The van der Waals surface area contributed by atoms with Crippen molar-refractivity contribution in [3.05, 3.63) is 192 Å². The van der Waals surface area contributed by atoms with E-state index in [9.17, 15) is 32.3 Å². The van der Waals surface area contributed by atoms with Gasteiger partial charge < -0.3 is 68.5 Å². The Morgan fingerprint density at radius 1 is 0.526 bits per heavy atom. The van der Waals surface area contributed by atoms with Crippen molar-refractivity contribution in [1.29, 1.82) is 0 Å². The van der Waals surface area contributed by atoms with Crippen LogP contribution in [0.5, 0.6) is 17.2 Å². The zero-order valence-corrected chi connectivity index (χ0v) is 43.0. The fourth-order valence-corrected chi connectivity index (χ4v) is 6.71. The summed E-state index contributed by atoms with van der Waals surface area (Å²) in [5.74, 6) is -0.406. The number of hydrogen-bond acceptors (Lipinski definition) is 14. The molecule has 7 aromatic rings. The molecule has 0 spiro atoms. The van der Waals surface area contributed by atoms with E-state index in [0.717, 1.165) is 51.5 Å². The minimum Gasteiger partial charge on any atom is -0.492 e. The number of nitrogens with one attached hydrogen (secondary N) is 3. The highest BCUT2D eigenvalue weighted by molar-refractivity contribution is 6.06. The van der Waals surface area contributed by atoms with Crippen LogP contribution in [-0.2, 0) is 4.74 Å². The van der Waals surface area contributed by atoms with Crippen LogP contribution in [0.2, 0.25) is 0 Å². The van der Waals surface area contributed by atoms with Crippen LogP contribution in [0.1, 0.15) is 41.4 Å². The first-order valence-corrected chi connectivity index (χ1v) is 24.2. The summed E-state index contributed by atoms with van der Waals surface area (Å²) in [5.41, 5.74) is 33.2. The molecule has 21 heteroatoms. The molecule has 0 aromatic heterocycles. The second-order valence-corrected chi connectivity index (χ2v) is 17.3. The van der Waals surface area contributed by atoms with Crippen molar-refractivity contribution in [2.45, 2.75) is 6.36 Å². The average Bonchev–Trinajstić information content (AvgIpc) is 3.41. The predicted octanol–water partition coefficient (Wildman–Crippen LogP) is 8.48. The Bertz CT molecular complexity index is 3000. The lowest BCUT2D eigenvalue weighted by Crippen LogP contribution is -2.38. The number of benzene rings is 7. The molecular weight excluding hydrogens is 1010 g/mol. The number of hydrogen-bond donors (Lipinski definition) is 8. The van der Waals surface area contributed by atoms with Crippen molar-refractivity contribution in [3.8, 4) is 17.2 Å². The largest absolute Gasteiger partial charge is 0.573 e. The van der Waals surface area contributed by atoms with E-state index in [0.29, 0.717) is 81.2 Å². The van der Waals surface area contributed by atoms with E-state index < -0.39 is 23.9 Å². The molecule has 410 valence electrons. The van der Waals surface area contributed by atoms with Crippen LogP contribution >= 0.6 is 0 Å². The number of primary amides is 1. The molecule has 18 nitrogen and oxygen atoms in total. The zero-order valence-electron chi connectivity index (χ0n) is 43.0. The van der Waals surface area contributed by atoms with E-state index in [-0.39, 0.29) is 17.4 Å². The molecular formula is C57H63F3N10O8. The smallest absolute Gasteiger partial charge is 0.492 e. The number of carbonyl (C=O) groups excluding carboxylic acids is 4. The molecule has 7 aromatic carbocycles. The van der Waals surface area contributed by atoms with Crippen molar-refractivity contribution >= 4 is 63.4 Å². The van der Waals surface area contributed by atoms with Gasteiger partial charge in [-0.3, -0.25) is 24.1 Å². The molecule has 0 aliphatic carbocycles. The first-order valence-electron chi connectivity index (χ1n) is 24.2. The zero-order chi connectivity index (χ0) is 56.5. The molecule has 4 amide bonds. The van der Waals surface area contributed by atoms with E-state index in [4.69, 9.17) is 42.9 Å². The number of rotatable bonds is 16. The molecule has 0 bridgehead atoms. The van der Waals surface area contributed by atoms with Crippen molar-refractivity contribution in [2.75, 3.05) is 106 Å². The normalized spacial score (nSPS) is 11.9. The van der Waals surface area contributed by atoms with Gasteiger partial charge in [-0.15, -0.1) is 13.2 Å². The molecule has 13 N–H and O–H groups in total. The minimum absolute atomic E-state index is 0.0496. The first kappa shape index (κ1) is 59.6. The summed E-state index contributed by atoms with van der Waals surface area (Å²) in [7, 11) is 3.97. The van der Waals surface area contributed by atoms with Crippen molar-refractivity contribution in [1.82, 2.24) is 9.80 Å². The highest BCUT2D eigenvalue weighted by atomic mass is 19.4. The summed E-state index contributed by atoms with van der Waals surface area (Å²) in [6, 6.07) is 46.1. The van der Waals surface area contributed by atoms with E-state index >= 15 is 0 Å². The van der Waals surface area contributed by atoms with Crippen molar-refractivity contribution in [3.63, 3.8) is 0 Å². The summed E-state index contributed by atoms with van der Waals surface area (Å²) in [6.07, 6.45) is -4.80. The Labute approximate surface area is 450 Å². The number of morpholine rings is 1. The van der Waals surface area contributed by atoms with Crippen LogP contribution in [0.4, 0.5) is 53.0 Å². The van der Waals surface area contributed by atoms with Crippen LogP contribution in [0.3, 0.4) is 0 Å². The number of nitrogen functional groups attached to an aromatic ring is 4. The predicted molar refractivity (Wildman–Crippen MR) is 299 cm³/mol. The van der Waals surface area contributed by atoms with Gasteiger partial charge >= 0.3 is 6.36 Å². The van der Waals surface area contributed by atoms with Gasteiger partial charge in [0.15, 0.2) is 0 Å². The Morgan fingerprint density at radius 3 is 1.26 bits per heavy atom. The highest BCUT2D eigenvalue weighted by Gasteiger charge is 2.31. The third-order valence-electron chi connectivity index (χ3n) is 10.8. The molecule has 1 aliphatic rings. The number of ether oxygens (including phenoxy) is 4. The fraction of sp³-hybridized carbons (Fsp3) is 0.193. The topological polar surface area (TPSA) is 278 Å². The molecule has 78 heavy (non-hydrogen) atoms. The number of carbonyl (C=O) groups is 4. The molecule has 1 saturated heterocycles. The lowest BCUT2D eigenvalue weighted by molar-refractivity contribution is -0.274. The number of nitrogens with two attached hydrogens (primary N) is 5. The Balaban J connectivity index is 0.000000199. The lowest BCUT2D eigenvalue weighted by atomic mass is 10.2. The molecule has 0 unspecified atom stereocenters. The van der Waals surface area contributed by atoms with Gasteiger partial charge in [-0.1, -0.05) is 18.2 Å². The molecule has 0 atom stereocenters. The quantitative estimate of drug-likeness (QED) is 0.0422. The van der Waals surface area contributed by atoms with Gasteiger partial charge in [-0.05, 0) is 166 Å². The van der Waals surface area contributed by atoms with Crippen LogP contribution < -0.4 is 58.8 Å². The van der Waals surface area contributed by atoms with Crippen LogP contribution in [-0.4, -0.2) is 106 Å². The maximum Gasteiger partial charge on any atom is 0.573 e. The summed E-state index contributed by atoms with van der Waals surface area (Å²) < 4.78 is 56.9. The maximum absolute atomic E-state index is 12.4. The van der Waals surface area contributed by atoms with Gasteiger partial charge in [0, 0.05) is 88.2 Å². The van der Waals surface area contributed by atoms with Crippen molar-refractivity contribution < 1.29 is 51.3 Å². The highest BCUT2D eigenvalue weighted by Crippen LogP contribution is 2.24. The number of alkyl halides is 3. The van der Waals surface area contributed by atoms with Gasteiger partial charge in [0.1, 0.15) is 30.5 Å². The van der Waals surface area contributed by atoms with Gasteiger partial charge in [-0.2, -0.15) is 0 Å². The SMILES string of the molecule is CN(C)CCOc1cccc(C(=O)Nc2ccc(N)cc2)c1.NC(=O)c1ccc(N)cc1.Nc1ccc(NC(=O)c2cccc(OC(F)(F)F)c2)cc1.Nc1ccc(NC(=O)c2cccc(OCCN3CCOCC3)c2)cc1. The summed E-state index contributed by atoms with van der Waals surface area (Å²) in [5, 5.41) is 8.22. The molecule has 8 rings (SSSR count). The number of halogens is 3. The molecule has 0 radical (unpaired) electrons. The third-order valence-corrected chi connectivity index (χ3v) is 10.8. The van der Waals surface area contributed by atoms with Crippen LogP contribution in [0.15, 0.2) is 170 Å². The summed E-state index contributed by atoms with van der Waals surface area (Å²) in [4.78, 5) is 51.4. The van der Waals surface area contributed by atoms with Crippen molar-refractivity contribution in [2.24, 2.45) is 5.73 Å². The maximum atomic E-state index is 12.4. The van der Waals surface area contributed by atoms with Gasteiger partial charge in [0.2, 0.25) is 5.91 Å². The first-order chi connectivity index (χ1) is 37.3. The van der Waals surface area contributed by atoms with Crippen LogP contribution in [0, 0.1) is 0 Å².